The van der Waals surface area contributed by atoms with Crippen LogP contribution in [0, 0.1) is 17.3 Å². The molecule has 2 rings (SSSR count). The summed E-state index contributed by atoms with van der Waals surface area (Å²) < 4.78 is 0. The van der Waals surface area contributed by atoms with Crippen molar-refractivity contribution in [3.63, 3.8) is 0 Å². The van der Waals surface area contributed by atoms with E-state index in [9.17, 15) is 4.79 Å². The number of amides is 1. The van der Waals surface area contributed by atoms with Crippen LogP contribution in [0.3, 0.4) is 0 Å². The third kappa shape index (κ3) is 3.80. The molecule has 0 aromatic rings. The van der Waals surface area contributed by atoms with E-state index in [4.69, 9.17) is 0 Å². The van der Waals surface area contributed by atoms with E-state index < -0.39 is 0 Å². The molecule has 3 unspecified atom stereocenters. The largest absolute Gasteiger partial charge is 0.325 e. The van der Waals surface area contributed by atoms with Gasteiger partial charge in [-0.1, -0.05) is 53.9 Å². The third-order valence-corrected chi connectivity index (χ3v) is 5.66. The number of rotatable bonds is 5. The zero-order valence-electron chi connectivity index (χ0n) is 14.6. The van der Waals surface area contributed by atoms with Crippen LogP contribution in [0.4, 0.5) is 0 Å². The highest BCUT2D eigenvalue weighted by Crippen LogP contribution is 2.35. The molecule has 2 aliphatic rings. The monoisotopic (exact) mass is 294 g/mol. The average Bonchev–Trinajstić information content (AvgIpc) is 3.01. The maximum Gasteiger partial charge on any atom is 0.241 e. The summed E-state index contributed by atoms with van der Waals surface area (Å²) in [6.45, 7) is 12.2. The Labute approximate surface area is 130 Å². The lowest BCUT2D eigenvalue weighted by Gasteiger charge is -2.35. The van der Waals surface area contributed by atoms with E-state index in [0.29, 0.717) is 23.9 Å². The molecule has 1 heterocycles. The van der Waals surface area contributed by atoms with Gasteiger partial charge in [0.2, 0.25) is 5.91 Å². The van der Waals surface area contributed by atoms with E-state index in [2.05, 4.69) is 44.8 Å². The van der Waals surface area contributed by atoms with Crippen LogP contribution in [0.25, 0.3) is 0 Å². The van der Waals surface area contributed by atoms with Gasteiger partial charge in [-0.05, 0) is 36.5 Å². The van der Waals surface area contributed by atoms with Crippen molar-refractivity contribution in [3.05, 3.63) is 0 Å². The van der Waals surface area contributed by atoms with E-state index in [-0.39, 0.29) is 11.5 Å². The highest BCUT2D eigenvalue weighted by atomic mass is 16.2. The number of carbonyl (C=O) groups excluding carboxylic acids is 1. The number of nitrogens with one attached hydrogen (secondary N) is 1. The maximum atomic E-state index is 12.8. The van der Waals surface area contributed by atoms with Crippen molar-refractivity contribution in [2.24, 2.45) is 17.3 Å². The van der Waals surface area contributed by atoms with Gasteiger partial charge in [0.15, 0.2) is 0 Å². The van der Waals surface area contributed by atoms with Crippen LogP contribution in [0.1, 0.15) is 73.1 Å². The molecule has 1 saturated heterocycles. The minimum atomic E-state index is 0.0627. The summed E-state index contributed by atoms with van der Waals surface area (Å²) in [6, 6.07) is 0.0627. The van der Waals surface area contributed by atoms with Gasteiger partial charge >= 0.3 is 0 Å². The summed E-state index contributed by atoms with van der Waals surface area (Å²) in [5, 5.41) is 3.67. The molecular formula is C18H34N2O. The molecule has 1 N–H and O–H groups in total. The van der Waals surface area contributed by atoms with Crippen molar-refractivity contribution in [3.8, 4) is 0 Å². The molecule has 0 radical (unpaired) electrons. The van der Waals surface area contributed by atoms with Gasteiger partial charge in [0.05, 0.1) is 12.2 Å². The first kappa shape index (κ1) is 16.8. The second-order valence-corrected chi connectivity index (χ2v) is 8.25. The van der Waals surface area contributed by atoms with Crippen molar-refractivity contribution >= 4 is 5.91 Å². The normalized spacial score (nSPS) is 29.4. The summed E-state index contributed by atoms with van der Waals surface area (Å²) in [6.07, 6.45) is 7.57. The molecule has 3 heteroatoms. The molecule has 0 spiro atoms. The minimum absolute atomic E-state index is 0.0627. The van der Waals surface area contributed by atoms with Crippen LogP contribution < -0.4 is 5.32 Å². The van der Waals surface area contributed by atoms with E-state index in [1.165, 1.54) is 25.7 Å². The first-order valence-electron chi connectivity index (χ1n) is 8.91. The van der Waals surface area contributed by atoms with E-state index in [1.807, 2.05) is 0 Å². The lowest BCUT2D eigenvalue weighted by atomic mass is 9.81. The van der Waals surface area contributed by atoms with Crippen molar-refractivity contribution < 1.29 is 4.79 Å². The van der Waals surface area contributed by atoms with Gasteiger partial charge in [-0.2, -0.15) is 0 Å². The average molecular weight is 294 g/mol. The summed E-state index contributed by atoms with van der Waals surface area (Å²) in [4.78, 5) is 15.0. The summed E-state index contributed by atoms with van der Waals surface area (Å²) >= 11 is 0. The van der Waals surface area contributed by atoms with Crippen molar-refractivity contribution in [1.29, 1.82) is 0 Å². The van der Waals surface area contributed by atoms with Crippen LogP contribution in [0.5, 0.6) is 0 Å². The summed E-state index contributed by atoms with van der Waals surface area (Å²) in [5.41, 5.74) is 0.253. The molecule has 1 amide bonds. The van der Waals surface area contributed by atoms with Gasteiger partial charge in [-0.15, -0.1) is 0 Å². The summed E-state index contributed by atoms with van der Waals surface area (Å²) in [5.74, 6) is 1.54. The second-order valence-electron chi connectivity index (χ2n) is 8.25. The lowest BCUT2D eigenvalue weighted by molar-refractivity contribution is -0.131. The van der Waals surface area contributed by atoms with Gasteiger partial charge in [0, 0.05) is 6.54 Å². The quantitative estimate of drug-likeness (QED) is 0.837. The van der Waals surface area contributed by atoms with Crippen LogP contribution in [-0.4, -0.2) is 29.6 Å². The highest BCUT2D eigenvalue weighted by molar-refractivity contribution is 5.84. The molecule has 21 heavy (non-hydrogen) atoms. The molecule has 0 aromatic carbocycles. The molecule has 1 saturated carbocycles. The number of hydrogen-bond acceptors (Lipinski definition) is 2. The van der Waals surface area contributed by atoms with Gasteiger partial charge < -0.3 is 4.90 Å². The Morgan fingerprint density at radius 1 is 1.29 bits per heavy atom. The molecule has 2 fully saturated rings. The SMILES string of the molecule is CCCC1NC(C2CCCC2)N(CC(C)C(C)(C)C)C1=O. The molecular weight excluding hydrogens is 260 g/mol. The van der Waals surface area contributed by atoms with Crippen molar-refractivity contribution in [1.82, 2.24) is 10.2 Å². The second kappa shape index (κ2) is 6.68. The Balaban J connectivity index is 2.10. The minimum Gasteiger partial charge on any atom is -0.325 e. The van der Waals surface area contributed by atoms with Crippen molar-refractivity contribution in [2.75, 3.05) is 6.54 Å². The number of carbonyl (C=O) groups is 1. The van der Waals surface area contributed by atoms with E-state index in [0.717, 1.165) is 19.4 Å². The standard InChI is InChI=1S/C18H34N2O/c1-6-9-15-17(21)20(12-13(2)18(3,4)5)16(19-15)14-10-7-8-11-14/h13-16,19H,6-12H2,1-5H3. The number of hydrogen-bond donors (Lipinski definition) is 1. The van der Waals surface area contributed by atoms with E-state index in [1.54, 1.807) is 0 Å². The maximum absolute atomic E-state index is 12.8. The fraction of sp³-hybridized carbons (Fsp3) is 0.944. The predicted molar refractivity (Wildman–Crippen MR) is 87.9 cm³/mol. The molecule has 3 nitrogen and oxygen atoms in total. The van der Waals surface area contributed by atoms with Crippen LogP contribution in [-0.2, 0) is 4.79 Å². The molecule has 1 aliphatic carbocycles. The molecule has 0 bridgehead atoms. The zero-order chi connectivity index (χ0) is 15.6. The predicted octanol–water partition coefficient (Wildman–Crippen LogP) is 3.79. The Kier molecular flexibility index (Phi) is 5.34. The number of nitrogens with zero attached hydrogens (tertiary/aromatic N) is 1. The Morgan fingerprint density at radius 2 is 1.90 bits per heavy atom. The van der Waals surface area contributed by atoms with Gasteiger partial charge in [0.1, 0.15) is 0 Å². The Hall–Kier alpha value is -0.570. The van der Waals surface area contributed by atoms with Gasteiger partial charge in [-0.3, -0.25) is 10.1 Å². The fourth-order valence-corrected chi connectivity index (χ4v) is 3.64. The van der Waals surface area contributed by atoms with E-state index >= 15 is 0 Å². The lowest BCUT2D eigenvalue weighted by Crippen LogP contribution is -2.45. The molecule has 1 aliphatic heterocycles. The fourth-order valence-electron chi connectivity index (χ4n) is 3.64. The Bertz CT molecular complexity index is 355. The van der Waals surface area contributed by atoms with Crippen LogP contribution in [0.15, 0.2) is 0 Å². The molecule has 3 atom stereocenters. The van der Waals surface area contributed by atoms with Crippen LogP contribution >= 0.6 is 0 Å². The first-order valence-corrected chi connectivity index (χ1v) is 8.91. The van der Waals surface area contributed by atoms with Crippen molar-refractivity contribution in [2.45, 2.75) is 85.4 Å². The first-order chi connectivity index (χ1) is 9.84. The summed E-state index contributed by atoms with van der Waals surface area (Å²) in [7, 11) is 0. The third-order valence-electron chi connectivity index (χ3n) is 5.66. The molecule has 122 valence electrons. The Morgan fingerprint density at radius 3 is 2.43 bits per heavy atom. The zero-order valence-corrected chi connectivity index (χ0v) is 14.6. The van der Waals surface area contributed by atoms with Gasteiger partial charge in [0.25, 0.3) is 0 Å². The molecule has 0 aromatic heterocycles. The van der Waals surface area contributed by atoms with Gasteiger partial charge in [-0.25, -0.2) is 0 Å². The topological polar surface area (TPSA) is 32.3 Å². The highest BCUT2D eigenvalue weighted by Gasteiger charge is 2.43. The van der Waals surface area contributed by atoms with Crippen LogP contribution in [0.2, 0.25) is 0 Å². The smallest absolute Gasteiger partial charge is 0.241 e.